The van der Waals surface area contributed by atoms with Crippen molar-refractivity contribution >= 4 is 38.8 Å². The molecule has 0 radical (unpaired) electrons. The molecule has 0 fully saturated rings. The maximum Gasteiger partial charge on any atom is 0.268 e. The van der Waals surface area contributed by atoms with Crippen molar-refractivity contribution in [2.45, 2.75) is 0 Å². The highest BCUT2D eigenvalue weighted by atomic mass is 32.1. The number of thiophene rings is 1. The summed E-state index contributed by atoms with van der Waals surface area (Å²) in [6.07, 6.45) is 3.44. The Hall–Kier alpha value is -4.23. The van der Waals surface area contributed by atoms with Crippen molar-refractivity contribution in [2.75, 3.05) is 11.1 Å². The largest absolute Gasteiger partial charge is 0.455 e. The van der Waals surface area contributed by atoms with Crippen LogP contribution in [0.1, 0.15) is 9.67 Å². The molecule has 3 aromatic heterocycles. The second-order valence-corrected chi connectivity index (χ2v) is 7.99. The molecule has 0 bridgehead atoms. The van der Waals surface area contributed by atoms with Crippen LogP contribution in [0.15, 0.2) is 91.3 Å². The summed E-state index contributed by atoms with van der Waals surface area (Å²) >= 11 is 1.27. The highest BCUT2D eigenvalue weighted by molar-refractivity contribution is 7.21. The van der Waals surface area contributed by atoms with Gasteiger partial charge >= 0.3 is 0 Å². The van der Waals surface area contributed by atoms with Crippen molar-refractivity contribution < 1.29 is 9.53 Å². The van der Waals surface area contributed by atoms with Gasteiger partial charge in [0.25, 0.3) is 5.91 Å². The Morgan fingerprint density at radius 2 is 1.66 bits per heavy atom. The standard InChI is InChI=1S/C25H18N4O2S/c26-22-18-10-11-19(16-12-14-27-15-13-16)29-25(18)32-23(22)24(30)28-20-8-4-5-9-21(20)31-17-6-2-1-3-7-17/h1-15H,26H2,(H,28,30). The Bertz CT molecular complexity index is 1400. The van der Waals surface area contributed by atoms with Crippen LogP contribution >= 0.6 is 11.3 Å². The number of hydrogen-bond donors (Lipinski definition) is 2. The predicted molar refractivity (Wildman–Crippen MR) is 128 cm³/mol. The zero-order chi connectivity index (χ0) is 21.9. The van der Waals surface area contributed by atoms with Gasteiger partial charge in [0.15, 0.2) is 5.75 Å². The van der Waals surface area contributed by atoms with Gasteiger partial charge in [-0.3, -0.25) is 9.78 Å². The first-order valence-corrected chi connectivity index (χ1v) is 10.7. The van der Waals surface area contributed by atoms with E-state index in [0.29, 0.717) is 32.6 Å². The van der Waals surface area contributed by atoms with Crippen molar-refractivity contribution in [3.05, 3.63) is 96.1 Å². The van der Waals surface area contributed by atoms with Crippen molar-refractivity contribution in [2.24, 2.45) is 0 Å². The third-order valence-electron chi connectivity index (χ3n) is 4.88. The van der Waals surface area contributed by atoms with Gasteiger partial charge in [-0.15, -0.1) is 11.3 Å². The molecule has 156 valence electrons. The van der Waals surface area contributed by atoms with Gasteiger partial charge in [0.05, 0.1) is 17.1 Å². The molecule has 0 aliphatic rings. The number of carbonyl (C=O) groups is 1. The number of para-hydroxylation sites is 3. The highest BCUT2D eigenvalue weighted by Crippen LogP contribution is 2.36. The smallest absolute Gasteiger partial charge is 0.268 e. The lowest BCUT2D eigenvalue weighted by Crippen LogP contribution is -2.12. The molecule has 0 atom stereocenters. The SMILES string of the molecule is Nc1c(C(=O)Nc2ccccc2Oc2ccccc2)sc2nc(-c3ccncc3)ccc12. The Morgan fingerprint density at radius 3 is 2.47 bits per heavy atom. The van der Waals surface area contributed by atoms with E-state index in [2.05, 4.69) is 10.3 Å². The van der Waals surface area contributed by atoms with Gasteiger partial charge in [-0.2, -0.15) is 0 Å². The first-order chi connectivity index (χ1) is 15.7. The third-order valence-corrected chi connectivity index (χ3v) is 6.00. The van der Waals surface area contributed by atoms with Crippen molar-refractivity contribution in [1.29, 1.82) is 0 Å². The van der Waals surface area contributed by atoms with Crippen LogP contribution in [0, 0.1) is 0 Å². The molecule has 2 aromatic carbocycles. The summed E-state index contributed by atoms with van der Waals surface area (Å²) in [6, 6.07) is 24.3. The molecule has 3 N–H and O–H groups in total. The van der Waals surface area contributed by atoms with Gasteiger partial charge in [0, 0.05) is 23.3 Å². The summed E-state index contributed by atoms with van der Waals surface area (Å²) < 4.78 is 5.94. The maximum atomic E-state index is 13.1. The van der Waals surface area contributed by atoms with E-state index in [1.165, 1.54) is 11.3 Å². The van der Waals surface area contributed by atoms with Gasteiger partial charge < -0.3 is 15.8 Å². The monoisotopic (exact) mass is 438 g/mol. The van der Waals surface area contributed by atoms with E-state index in [9.17, 15) is 4.79 Å². The number of nitrogens with one attached hydrogen (secondary N) is 1. The van der Waals surface area contributed by atoms with Gasteiger partial charge in [-0.1, -0.05) is 30.3 Å². The Kier molecular flexibility index (Phi) is 5.23. The van der Waals surface area contributed by atoms with E-state index in [1.807, 2.05) is 66.7 Å². The van der Waals surface area contributed by atoms with E-state index >= 15 is 0 Å². The van der Waals surface area contributed by atoms with Crippen LogP contribution < -0.4 is 15.8 Å². The van der Waals surface area contributed by atoms with Crippen molar-refractivity contribution in [3.63, 3.8) is 0 Å². The minimum Gasteiger partial charge on any atom is -0.455 e. The minimum absolute atomic E-state index is 0.305. The van der Waals surface area contributed by atoms with Crippen LogP contribution in [0.5, 0.6) is 11.5 Å². The number of hydrogen-bond acceptors (Lipinski definition) is 6. The van der Waals surface area contributed by atoms with Gasteiger partial charge in [0.1, 0.15) is 15.5 Å². The molecule has 32 heavy (non-hydrogen) atoms. The number of rotatable bonds is 5. The van der Waals surface area contributed by atoms with Crippen LogP contribution in [-0.2, 0) is 0 Å². The summed E-state index contributed by atoms with van der Waals surface area (Å²) in [5.41, 5.74) is 9.04. The van der Waals surface area contributed by atoms with E-state index < -0.39 is 0 Å². The van der Waals surface area contributed by atoms with E-state index in [-0.39, 0.29) is 5.91 Å². The number of amides is 1. The number of pyridine rings is 2. The fraction of sp³-hybridized carbons (Fsp3) is 0. The average molecular weight is 439 g/mol. The summed E-state index contributed by atoms with van der Waals surface area (Å²) in [5.74, 6) is 0.924. The molecule has 0 unspecified atom stereocenters. The molecule has 7 heteroatoms. The maximum absolute atomic E-state index is 13.1. The normalized spacial score (nSPS) is 10.8. The number of ether oxygens (including phenoxy) is 1. The summed E-state index contributed by atoms with van der Waals surface area (Å²) in [6.45, 7) is 0. The Labute approximate surface area is 188 Å². The van der Waals surface area contributed by atoms with Gasteiger partial charge in [-0.25, -0.2) is 4.98 Å². The van der Waals surface area contributed by atoms with E-state index in [4.69, 9.17) is 15.5 Å². The van der Waals surface area contributed by atoms with Crippen LogP contribution in [0.3, 0.4) is 0 Å². The number of carbonyl (C=O) groups excluding carboxylic acids is 1. The number of anilines is 2. The second kappa shape index (κ2) is 8.49. The highest BCUT2D eigenvalue weighted by Gasteiger charge is 2.19. The quantitative estimate of drug-likeness (QED) is 0.352. The molecule has 0 spiro atoms. The van der Waals surface area contributed by atoms with Crippen LogP contribution in [-0.4, -0.2) is 15.9 Å². The molecule has 0 aliphatic heterocycles. The Morgan fingerprint density at radius 1 is 0.906 bits per heavy atom. The zero-order valence-corrected chi connectivity index (χ0v) is 17.7. The number of fused-ring (bicyclic) bond motifs is 1. The molecule has 0 aliphatic carbocycles. The third kappa shape index (κ3) is 3.89. The lowest BCUT2D eigenvalue weighted by molar-refractivity contribution is 0.103. The van der Waals surface area contributed by atoms with Crippen LogP contribution in [0.4, 0.5) is 11.4 Å². The molecular formula is C25H18N4O2S. The first kappa shape index (κ1) is 19.7. The topological polar surface area (TPSA) is 90.1 Å². The molecular weight excluding hydrogens is 420 g/mol. The summed E-state index contributed by atoms with van der Waals surface area (Å²) in [4.78, 5) is 22.9. The van der Waals surface area contributed by atoms with Crippen molar-refractivity contribution in [3.8, 4) is 22.8 Å². The van der Waals surface area contributed by atoms with Gasteiger partial charge in [0.2, 0.25) is 0 Å². The molecule has 5 aromatic rings. The summed E-state index contributed by atoms with van der Waals surface area (Å²) in [7, 11) is 0. The molecule has 0 saturated heterocycles. The van der Waals surface area contributed by atoms with E-state index in [0.717, 1.165) is 16.6 Å². The number of nitrogen functional groups attached to an aromatic ring is 1. The number of benzene rings is 2. The second-order valence-electron chi connectivity index (χ2n) is 7.00. The number of nitrogens with two attached hydrogens (primary N) is 1. The lowest BCUT2D eigenvalue weighted by atomic mass is 10.1. The summed E-state index contributed by atoms with van der Waals surface area (Å²) in [5, 5.41) is 3.68. The number of aromatic nitrogens is 2. The fourth-order valence-corrected chi connectivity index (χ4v) is 4.29. The molecule has 1 amide bonds. The molecule has 6 nitrogen and oxygen atoms in total. The first-order valence-electron chi connectivity index (χ1n) is 9.92. The fourth-order valence-electron chi connectivity index (χ4n) is 3.30. The molecule has 3 heterocycles. The van der Waals surface area contributed by atoms with E-state index in [1.54, 1.807) is 24.5 Å². The molecule has 0 saturated carbocycles. The minimum atomic E-state index is -0.305. The van der Waals surface area contributed by atoms with Crippen molar-refractivity contribution in [1.82, 2.24) is 9.97 Å². The van der Waals surface area contributed by atoms with Crippen LogP contribution in [0.2, 0.25) is 0 Å². The zero-order valence-electron chi connectivity index (χ0n) is 16.9. The average Bonchev–Trinajstić information content (AvgIpc) is 3.17. The predicted octanol–water partition coefficient (Wildman–Crippen LogP) is 5.99. The Balaban J connectivity index is 1.44. The van der Waals surface area contributed by atoms with Crippen LogP contribution in [0.25, 0.3) is 21.5 Å². The molecule has 5 rings (SSSR count). The van der Waals surface area contributed by atoms with Gasteiger partial charge in [-0.05, 0) is 48.5 Å². The lowest BCUT2D eigenvalue weighted by Gasteiger charge is -2.12. The number of nitrogens with zero attached hydrogens (tertiary/aromatic N) is 2.